The van der Waals surface area contributed by atoms with E-state index in [2.05, 4.69) is 32.5 Å². The molecule has 10 heteroatoms. The van der Waals surface area contributed by atoms with Crippen LogP contribution in [0.2, 0.25) is 5.02 Å². The molecular weight excluding hydrogens is 480 g/mol. The topological polar surface area (TPSA) is 108 Å². The first-order chi connectivity index (χ1) is 17.5. The fourth-order valence-electron chi connectivity index (χ4n) is 4.14. The van der Waals surface area contributed by atoms with Gasteiger partial charge in [-0.2, -0.15) is 4.98 Å². The van der Waals surface area contributed by atoms with Gasteiger partial charge in [0.1, 0.15) is 10.8 Å². The van der Waals surface area contributed by atoms with Crippen molar-refractivity contribution < 1.29 is 14.3 Å². The van der Waals surface area contributed by atoms with Gasteiger partial charge in [-0.25, -0.2) is 4.98 Å². The quantitative estimate of drug-likeness (QED) is 0.398. The maximum Gasteiger partial charge on any atom is 0.246 e. The van der Waals surface area contributed by atoms with Crippen LogP contribution in [-0.4, -0.2) is 45.8 Å². The molecule has 36 heavy (non-hydrogen) atoms. The van der Waals surface area contributed by atoms with Gasteiger partial charge in [0.05, 0.1) is 12.2 Å². The molecule has 0 aliphatic carbocycles. The van der Waals surface area contributed by atoms with Gasteiger partial charge in [0.15, 0.2) is 0 Å². The molecule has 0 spiro atoms. The van der Waals surface area contributed by atoms with E-state index in [9.17, 15) is 9.59 Å². The van der Waals surface area contributed by atoms with Crippen molar-refractivity contribution in [3.05, 3.63) is 71.9 Å². The van der Waals surface area contributed by atoms with E-state index in [4.69, 9.17) is 16.3 Å². The summed E-state index contributed by atoms with van der Waals surface area (Å²) in [5.41, 5.74) is 3.56. The SMILES string of the molecule is C=CC(=O)N1CC(Nc2cccc(Oc3nc(Nc4ccc5c(c4)CCCC(=O)N5)ncc3Cl)c2)C1. The molecule has 2 aliphatic heterocycles. The molecule has 0 atom stereocenters. The molecule has 1 saturated heterocycles. The van der Waals surface area contributed by atoms with Crippen LogP contribution in [0.15, 0.2) is 61.3 Å². The fraction of sp³-hybridized carbons (Fsp3) is 0.231. The van der Waals surface area contributed by atoms with Crippen LogP contribution in [0.3, 0.4) is 0 Å². The number of carbonyl (C=O) groups excluding carboxylic acids is 2. The molecule has 3 N–H and O–H groups in total. The lowest BCUT2D eigenvalue weighted by Crippen LogP contribution is -2.56. The second-order valence-electron chi connectivity index (χ2n) is 8.66. The molecule has 2 aromatic carbocycles. The van der Waals surface area contributed by atoms with Gasteiger partial charge in [-0.3, -0.25) is 9.59 Å². The summed E-state index contributed by atoms with van der Waals surface area (Å²) in [7, 11) is 0. The highest BCUT2D eigenvalue weighted by molar-refractivity contribution is 6.31. The molecule has 3 aromatic rings. The zero-order valence-corrected chi connectivity index (χ0v) is 20.2. The summed E-state index contributed by atoms with van der Waals surface area (Å²) in [6.45, 7) is 4.76. The third kappa shape index (κ3) is 5.41. The molecular formula is C26H25ClN6O3. The van der Waals surface area contributed by atoms with E-state index in [0.29, 0.717) is 31.2 Å². The lowest BCUT2D eigenvalue weighted by Gasteiger charge is -2.39. The smallest absolute Gasteiger partial charge is 0.246 e. The summed E-state index contributed by atoms with van der Waals surface area (Å²) >= 11 is 6.31. The largest absolute Gasteiger partial charge is 0.437 e. The summed E-state index contributed by atoms with van der Waals surface area (Å²) in [5, 5.41) is 9.78. The van der Waals surface area contributed by atoms with Crippen LogP contribution in [-0.2, 0) is 16.0 Å². The Hall–Kier alpha value is -4.11. The normalized spacial score (nSPS) is 15.1. The van der Waals surface area contributed by atoms with E-state index in [-0.39, 0.29) is 28.8 Å². The maximum atomic E-state index is 11.8. The Balaban J connectivity index is 1.25. The molecule has 3 heterocycles. The highest BCUT2D eigenvalue weighted by Crippen LogP contribution is 2.31. The van der Waals surface area contributed by atoms with Gasteiger partial charge >= 0.3 is 0 Å². The number of halogens is 1. The number of hydrogen-bond acceptors (Lipinski definition) is 7. The number of fused-ring (bicyclic) bond motifs is 1. The summed E-state index contributed by atoms with van der Waals surface area (Å²) in [5.74, 6) is 1.09. The van der Waals surface area contributed by atoms with Gasteiger partial charge in [0.2, 0.25) is 23.6 Å². The van der Waals surface area contributed by atoms with Crippen LogP contribution in [0.4, 0.5) is 23.0 Å². The molecule has 0 radical (unpaired) electrons. The summed E-state index contributed by atoms with van der Waals surface area (Å²) in [6.07, 6.45) is 4.94. The number of rotatable bonds is 7. The van der Waals surface area contributed by atoms with Crippen molar-refractivity contribution in [2.45, 2.75) is 25.3 Å². The maximum absolute atomic E-state index is 11.8. The van der Waals surface area contributed by atoms with Crippen LogP contribution < -0.4 is 20.7 Å². The average molecular weight is 505 g/mol. The number of ether oxygens (including phenoxy) is 1. The Labute approximate surface area is 213 Å². The van der Waals surface area contributed by atoms with E-state index in [0.717, 1.165) is 35.5 Å². The highest BCUT2D eigenvalue weighted by atomic mass is 35.5. The first-order valence-electron chi connectivity index (χ1n) is 11.6. The average Bonchev–Trinajstić information content (AvgIpc) is 3.03. The Morgan fingerprint density at radius 1 is 1.19 bits per heavy atom. The monoisotopic (exact) mass is 504 g/mol. The first-order valence-corrected chi connectivity index (χ1v) is 12.0. The molecule has 5 rings (SSSR count). The number of hydrogen-bond donors (Lipinski definition) is 3. The first kappa shape index (κ1) is 23.6. The van der Waals surface area contributed by atoms with Gasteiger partial charge in [-0.15, -0.1) is 0 Å². The molecule has 2 amide bonds. The van der Waals surface area contributed by atoms with Crippen molar-refractivity contribution in [1.82, 2.24) is 14.9 Å². The van der Waals surface area contributed by atoms with E-state index in [1.165, 1.54) is 12.3 Å². The van der Waals surface area contributed by atoms with Crippen LogP contribution >= 0.6 is 11.6 Å². The minimum atomic E-state index is -0.0643. The molecule has 1 fully saturated rings. The predicted molar refractivity (Wildman–Crippen MR) is 139 cm³/mol. The van der Waals surface area contributed by atoms with Gasteiger partial charge in [-0.05, 0) is 54.8 Å². The zero-order chi connectivity index (χ0) is 25.1. The standard InChI is InChI=1S/C26H25ClN6O3/c1-2-24(35)33-14-19(15-33)29-17-6-4-7-20(12-17)36-25-21(27)13-28-26(32-25)30-18-9-10-22-16(11-18)5-3-8-23(34)31-22/h2,4,6-7,9-13,19,29H,1,3,5,8,14-15H2,(H,31,34)(H,28,30,32). The number of nitrogens with one attached hydrogen (secondary N) is 3. The third-order valence-electron chi connectivity index (χ3n) is 5.98. The Bertz CT molecular complexity index is 1320. The molecule has 0 bridgehead atoms. The number of aromatic nitrogens is 2. The van der Waals surface area contributed by atoms with Gasteiger partial charge < -0.3 is 25.6 Å². The second kappa shape index (κ2) is 10.2. The van der Waals surface area contributed by atoms with Crippen LogP contribution in [0.25, 0.3) is 0 Å². The van der Waals surface area contributed by atoms with Crippen LogP contribution in [0.1, 0.15) is 18.4 Å². The predicted octanol–water partition coefficient (Wildman–Crippen LogP) is 4.75. The molecule has 184 valence electrons. The number of nitrogens with zero attached hydrogens (tertiary/aromatic N) is 3. The van der Waals surface area contributed by atoms with Crippen molar-refractivity contribution in [3.8, 4) is 11.6 Å². The Morgan fingerprint density at radius 2 is 2.06 bits per heavy atom. The minimum absolute atomic E-state index is 0.0361. The van der Waals surface area contributed by atoms with E-state index in [1.54, 1.807) is 4.90 Å². The van der Waals surface area contributed by atoms with Crippen LogP contribution in [0.5, 0.6) is 11.6 Å². The van der Waals surface area contributed by atoms with Crippen LogP contribution in [0, 0.1) is 0 Å². The number of amides is 2. The lowest BCUT2D eigenvalue weighted by atomic mass is 10.1. The van der Waals surface area contributed by atoms with Crippen molar-refractivity contribution in [1.29, 1.82) is 0 Å². The lowest BCUT2D eigenvalue weighted by molar-refractivity contribution is -0.129. The zero-order valence-electron chi connectivity index (χ0n) is 19.5. The third-order valence-corrected chi connectivity index (χ3v) is 6.24. The molecule has 0 saturated carbocycles. The van der Waals surface area contributed by atoms with Crippen molar-refractivity contribution in [2.24, 2.45) is 0 Å². The summed E-state index contributed by atoms with van der Waals surface area (Å²) in [6, 6.07) is 13.3. The Morgan fingerprint density at radius 3 is 2.89 bits per heavy atom. The summed E-state index contributed by atoms with van der Waals surface area (Å²) in [4.78, 5) is 33.8. The molecule has 2 aliphatic rings. The number of likely N-dealkylation sites (tertiary alicyclic amines) is 1. The number of carbonyl (C=O) groups is 2. The number of aryl methyl sites for hydroxylation is 1. The molecule has 9 nitrogen and oxygen atoms in total. The molecule has 1 aromatic heterocycles. The van der Waals surface area contributed by atoms with E-state index < -0.39 is 0 Å². The van der Waals surface area contributed by atoms with Gasteiger partial charge in [0, 0.05) is 42.6 Å². The van der Waals surface area contributed by atoms with Crippen molar-refractivity contribution >= 4 is 46.4 Å². The molecule has 0 unspecified atom stereocenters. The Kier molecular flexibility index (Phi) is 6.73. The number of benzene rings is 2. The summed E-state index contributed by atoms with van der Waals surface area (Å²) < 4.78 is 5.97. The van der Waals surface area contributed by atoms with Crippen molar-refractivity contribution in [3.63, 3.8) is 0 Å². The van der Waals surface area contributed by atoms with Gasteiger partial charge in [-0.1, -0.05) is 24.2 Å². The fourth-order valence-corrected chi connectivity index (χ4v) is 4.27. The van der Waals surface area contributed by atoms with E-state index in [1.807, 2.05) is 42.5 Å². The van der Waals surface area contributed by atoms with Crippen molar-refractivity contribution in [2.75, 3.05) is 29.0 Å². The van der Waals surface area contributed by atoms with E-state index >= 15 is 0 Å². The highest BCUT2D eigenvalue weighted by Gasteiger charge is 2.29. The van der Waals surface area contributed by atoms with Gasteiger partial charge in [0.25, 0.3) is 0 Å². The second-order valence-corrected chi connectivity index (χ2v) is 9.07. The minimum Gasteiger partial charge on any atom is -0.437 e. The number of anilines is 4.